The van der Waals surface area contributed by atoms with E-state index in [-0.39, 0.29) is 11.8 Å². The quantitative estimate of drug-likeness (QED) is 0.668. The maximum Gasteiger partial charge on any atom is 0.243 e. The van der Waals surface area contributed by atoms with Gasteiger partial charge in [0.15, 0.2) is 0 Å². The molecule has 1 aliphatic rings. The van der Waals surface area contributed by atoms with Crippen molar-refractivity contribution in [3.63, 3.8) is 0 Å². The Balaban J connectivity index is 1.42. The lowest BCUT2D eigenvalue weighted by atomic mass is 9.96. The van der Waals surface area contributed by atoms with E-state index in [1.807, 2.05) is 24.3 Å². The average Bonchev–Trinajstić information content (AvgIpc) is 3.11. The van der Waals surface area contributed by atoms with Gasteiger partial charge in [-0.2, -0.15) is 5.10 Å². The molecule has 0 atom stereocenters. The largest absolute Gasteiger partial charge is 0.463 e. The van der Waals surface area contributed by atoms with Crippen LogP contribution in [-0.4, -0.2) is 30.1 Å². The number of rotatable bonds is 5. The van der Waals surface area contributed by atoms with Gasteiger partial charge in [0, 0.05) is 17.5 Å². The summed E-state index contributed by atoms with van der Waals surface area (Å²) in [6, 6.07) is 11.5. The first-order valence-electron chi connectivity index (χ1n) is 8.04. The Morgan fingerprint density at radius 2 is 2.04 bits per heavy atom. The minimum atomic E-state index is -0.0241. The molecule has 1 aliphatic heterocycles. The number of benzene rings is 1. The average molecular weight is 346 g/mol. The molecule has 1 aromatic heterocycles. The number of furan rings is 1. The van der Waals surface area contributed by atoms with E-state index in [1.165, 1.54) is 11.8 Å². The number of likely N-dealkylation sites (tertiary alicyclic amines) is 1. The summed E-state index contributed by atoms with van der Waals surface area (Å²) in [5, 5.41) is 4.69. The molecule has 3 rings (SSSR count). The van der Waals surface area contributed by atoms with Crippen molar-refractivity contribution in [2.45, 2.75) is 19.4 Å². The molecule has 0 radical (unpaired) electrons. The van der Waals surface area contributed by atoms with Crippen molar-refractivity contribution < 1.29 is 9.21 Å². The zero-order valence-corrected chi connectivity index (χ0v) is 14.1. The Kier molecular flexibility index (Phi) is 5.67. The number of carbonyl (C=O) groups is 1. The van der Waals surface area contributed by atoms with Gasteiger partial charge in [0.1, 0.15) is 5.76 Å². The number of hydrazone groups is 1. The Hall–Kier alpha value is -2.11. The Labute approximate surface area is 146 Å². The molecule has 0 unspecified atom stereocenters. The van der Waals surface area contributed by atoms with E-state index in [0.29, 0.717) is 5.76 Å². The highest BCUT2D eigenvalue weighted by Gasteiger charge is 2.24. The summed E-state index contributed by atoms with van der Waals surface area (Å²) in [6.45, 7) is 2.70. The number of carbonyl (C=O) groups excluding carboxylic acids is 1. The van der Waals surface area contributed by atoms with Crippen LogP contribution in [0.4, 0.5) is 0 Å². The molecule has 0 aliphatic carbocycles. The van der Waals surface area contributed by atoms with Gasteiger partial charge in [-0.1, -0.05) is 23.7 Å². The fourth-order valence-corrected chi connectivity index (χ4v) is 2.94. The van der Waals surface area contributed by atoms with Crippen LogP contribution in [0, 0.1) is 5.92 Å². The monoisotopic (exact) mass is 345 g/mol. The molecule has 1 fully saturated rings. The summed E-state index contributed by atoms with van der Waals surface area (Å²) in [7, 11) is 0. The maximum atomic E-state index is 12.1. The third-order valence-corrected chi connectivity index (χ3v) is 4.44. The molecule has 1 amide bonds. The second-order valence-corrected chi connectivity index (χ2v) is 6.36. The molecule has 1 N–H and O–H groups in total. The lowest BCUT2D eigenvalue weighted by Crippen LogP contribution is -2.39. The first-order valence-corrected chi connectivity index (χ1v) is 8.42. The molecule has 5 nitrogen and oxygen atoms in total. The molecule has 24 heavy (non-hydrogen) atoms. The first-order chi connectivity index (χ1) is 11.7. The van der Waals surface area contributed by atoms with Crippen LogP contribution in [0.1, 0.15) is 24.2 Å². The van der Waals surface area contributed by atoms with Crippen LogP contribution >= 0.6 is 11.6 Å². The van der Waals surface area contributed by atoms with E-state index in [4.69, 9.17) is 16.0 Å². The van der Waals surface area contributed by atoms with Gasteiger partial charge in [0.2, 0.25) is 5.91 Å². The summed E-state index contributed by atoms with van der Waals surface area (Å²) in [6.07, 6.45) is 4.76. The Morgan fingerprint density at radius 3 is 2.71 bits per heavy atom. The van der Waals surface area contributed by atoms with E-state index in [9.17, 15) is 4.79 Å². The number of halogens is 1. The minimum absolute atomic E-state index is 0.0141. The zero-order valence-electron chi connectivity index (χ0n) is 13.3. The fraction of sp³-hybridized carbons (Fsp3) is 0.333. The smallest absolute Gasteiger partial charge is 0.243 e. The SMILES string of the molecule is O=C(NN=Cc1ccco1)C1CCN(Cc2ccc(Cl)cc2)CC1. The number of piperidine rings is 1. The van der Waals surface area contributed by atoms with Crippen molar-refractivity contribution in [3.05, 3.63) is 59.0 Å². The van der Waals surface area contributed by atoms with Gasteiger partial charge in [-0.25, -0.2) is 5.43 Å². The number of nitrogens with one attached hydrogen (secondary N) is 1. The fourth-order valence-electron chi connectivity index (χ4n) is 2.82. The highest BCUT2D eigenvalue weighted by Crippen LogP contribution is 2.20. The molecule has 1 aromatic carbocycles. The summed E-state index contributed by atoms with van der Waals surface area (Å²) < 4.78 is 5.12. The van der Waals surface area contributed by atoms with Gasteiger partial charge in [0.25, 0.3) is 0 Å². The molecule has 0 bridgehead atoms. The highest BCUT2D eigenvalue weighted by atomic mass is 35.5. The van der Waals surface area contributed by atoms with Crippen molar-refractivity contribution in [2.75, 3.05) is 13.1 Å². The van der Waals surface area contributed by atoms with Crippen molar-refractivity contribution in [3.8, 4) is 0 Å². The number of hydrogen-bond donors (Lipinski definition) is 1. The van der Waals surface area contributed by atoms with Gasteiger partial charge in [-0.05, 0) is 55.8 Å². The van der Waals surface area contributed by atoms with E-state index < -0.39 is 0 Å². The molecule has 1 saturated heterocycles. The lowest BCUT2D eigenvalue weighted by Gasteiger charge is -2.30. The van der Waals surface area contributed by atoms with Gasteiger partial charge in [-0.3, -0.25) is 9.69 Å². The predicted octanol–water partition coefficient (Wildman–Crippen LogP) is 3.30. The van der Waals surface area contributed by atoms with Crippen LogP contribution in [0.25, 0.3) is 0 Å². The van der Waals surface area contributed by atoms with Gasteiger partial charge < -0.3 is 4.42 Å². The second kappa shape index (κ2) is 8.13. The molecule has 2 heterocycles. The van der Waals surface area contributed by atoms with Crippen LogP contribution in [0.3, 0.4) is 0 Å². The number of nitrogens with zero attached hydrogens (tertiary/aromatic N) is 2. The van der Waals surface area contributed by atoms with Crippen LogP contribution in [-0.2, 0) is 11.3 Å². The van der Waals surface area contributed by atoms with Crippen LogP contribution in [0.15, 0.2) is 52.2 Å². The second-order valence-electron chi connectivity index (χ2n) is 5.93. The molecule has 2 aromatic rings. The van der Waals surface area contributed by atoms with Gasteiger partial charge in [0.05, 0.1) is 12.5 Å². The van der Waals surface area contributed by atoms with E-state index >= 15 is 0 Å². The molecule has 0 saturated carbocycles. The lowest BCUT2D eigenvalue weighted by molar-refractivity contribution is -0.126. The Morgan fingerprint density at radius 1 is 1.29 bits per heavy atom. The van der Waals surface area contributed by atoms with Crippen molar-refractivity contribution in [1.29, 1.82) is 0 Å². The summed E-state index contributed by atoms with van der Waals surface area (Å²) in [5.41, 5.74) is 3.84. The maximum absolute atomic E-state index is 12.1. The third-order valence-electron chi connectivity index (χ3n) is 4.19. The summed E-state index contributed by atoms with van der Waals surface area (Å²) in [4.78, 5) is 14.5. The molecular formula is C18H20ClN3O2. The van der Waals surface area contributed by atoms with Crippen molar-refractivity contribution >= 4 is 23.7 Å². The van der Waals surface area contributed by atoms with Crippen LogP contribution in [0.5, 0.6) is 0 Å². The van der Waals surface area contributed by atoms with E-state index in [0.717, 1.165) is 37.5 Å². The predicted molar refractivity (Wildman–Crippen MR) is 93.9 cm³/mol. The van der Waals surface area contributed by atoms with Crippen LogP contribution in [0.2, 0.25) is 5.02 Å². The Bertz CT molecular complexity index is 675. The van der Waals surface area contributed by atoms with Crippen molar-refractivity contribution in [2.24, 2.45) is 11.0 Å². The molecule has 6 heteroatoms. The highest BCUT2D eigenvalue weighted by molar-refractivity contribution is 6.30. The molecule has 126 valence electrons. The topological polar surface area (TPSA) is 57.8 Å². The minimum Gasteiger partial charge on any atom is -0.463 e. The normalized spacial score (nSPS) is 16.5. The van der Waals surface area contributed by atoms with Crippen molar-refractivity contribution in [1.82, 2.24) is 10.3 Å². The van der Waals surface area contributed by atoms with Gasteiger partial charge >= 0.3 is 0 Å². The summed E-state index contributed by atoms with van der Waals surface area (Å²) >= 11 is 5.91. The van der Waals surface area contributed by atoms with E-state index in [1.54, 1.807) is 18.4 Å². The number of amides is 1. The molecule has 0 spiro atoms. The zero-order chi connectivity index (χ0) is 16.8. The standard InChI is InChI=1S/C18H20ClN3O2/c19-16-5-3-14(4-6-16)13-22-9-7-15(8-10-22)18(23)21-20-12-17-2-1-11-24-17/h1-6,11-12,15H,7-10,13H2,(H,21,23). The first kappa shape index (κ1) is 16.7. The van der Waals surface area contributed by atoms with E-state index in [2.05, 4.69) is 15.4 Å². The molecular weight excluding hydrogens is 326 g/mol. The number of hydrogen-bond acceptors (Lipinski definition) is 4. The van der Waals surface area contributed by atoms with Gasteiger partial charge in [-0.15, -0.1) is 0 Å². The summed E-state index contributed by atoms with van der Waals surface area (Å²) in [5.74, 6) is 0.609. The van der Waals surface area contributed by atoms with Crippen LogP contribution < -0.4 is 5.43 Å². The third kappa shape index (κ3) is 4.69.